The molecule has 0 saturated carbocycles. The van der Waals surface area contributed by atoms with Crippen molar-refractivity contribution < 1.29 is 9.53 Å². The number of hydrogen-bond acceptors (Lipinski definition) is 3. The van der Waals surface area contributed by atoms with Crippen LogP contribution >= 0.6 is 0 Å². The number of nitrogens with one attached hydrogen (secondary N) is 1. The molecule has 0 atom stereocenters. The summed E-state index contributed by atoms with van der Waals surface area (Å²) in [6.45, 7) is 3.84. The average Bonchev–Trinajstić information content (AvgIpc) is 2.44. The van der Waals surface area contributed by atoms with Crippen LogP contribution in [0.25, 0.3) is 0 Å². The van der Waals surface area contributed by atoms with Gasteiger partial charge in [0.1, 0.15) is 11.3 Å². The first-order valence-electron chi connectivity index (χ1n) is 6.32. The summed E-state index contributed by atoms with van der Waals surface area (Å²) in [5.41, 5.74) is 5.63. The van der Waals surface area contributed by atoms with E-state index in [0.717, 1.165) is 0 Å². The molecular weight excluding hydrogens is 240 g/mol. The first-order valence-corrected chi connectivity index (χ1v) is 6.32. The van der Waals surface area contributed by atoms with Crippen LogP contribution in [0.4, 0.5) is 5.69 Å². The van der Waals surface area contributed by atoms with Crippen LogP contribution in [-0.4, -0.2) is 18.1 Å². The SMILES string of the molecule is C#CC(CC)(CC)NC(=O)COc1ccc(N)cc1. The maximum atomic E-state index is 11.8. The second-order valence-corrected chi connectivity index (χ2v) is 4.34. The Labute approximate surface area is 114 Å². The van der Waals surface area contributed by atoms with Gasteiger partial charge in [-0.2, -0.15) is 0 Å². The highest BCUT2D eigenvalue weighted by Crippen LogP contribution is 2.15. The molecule has 0 saturated heterocycles. The predicted molar refractivity (Wildman–Crippen MR) is 76.6 cm³/mol. The molecule has 0 aliphatic heterocycles. The summed E-state index contributed by atoms with van der Waals surface area (Å²) in [5.74, 6) is 3.02. The van der Waals surface area contributed by atoms with Gasteiger partial charge in [-0.05, 0) is 37.1 Å². The fraction of sp³-hybridized carbons (Fsp3) is 0.400. The Bertz CT molecular complexity index is 456. The van der Waals surface area contributed by atoms with Gasteiger partial charge in [0.15, 0.2) is 6.61 Å². The van der Waals surface area contributed by atoms with E-state index in [0.29, 0.717) is 24.3 Å². The van der Waals surface area contributed by atoms with Crippen molar-refractivity contribution in [1.82, 2.24) is 5.32 Å². The number of hydrogen-bond donors (Lipinski definition) is 2. The fourth-order valence-corrected chi connectivity index (χ4v) is 1.68. The van der Waals surface area contributed by atoms with Gasteiger partial charge in [-0.25, -0.2) is 0 Å². The lowest BCUT2D eigenvalue weighted by Gasteiger charge is -2.26. The summed E-state index contributed by atoms with van der Waals surface area (Å²) in [7, 11) is 0. The third kappa shape index (κ3) is 4.22. The number of terminal acetylenes is 1. The Morgan fingerprint density at radius 1 is 1.37 bits per heavy atom. The Morgan fingerprint density at radius 3 is 2.42 bits per heavy atom. The maximum Gasteiger partial charge on any atom is 0.259 e. The molecule has 0 aliphatic rings. The molecule has 0 aromatic heterocycles. The van der Waals surface area contributed by atoms with Crippen LogP contribution < -0.4 is 15.8 Å². The molecule has 0 spiro atoms. The van der Waals surface area contributed by atoms with Crippen LogP contribution in [-0.2, 0) is 4.79 Å². The van der Waals surface area contributed by atoms with Crippen molar-refractivity contribution in [2.24, 2.45) is 0 Å². The van der Waals surface area contributed by atoms with Gasteiger partial charge in [0, 0.05) is 5.69 Å². The summed E-state index contributed by atoms with van der Waals surface area (Å²) in [5, 5.41) is 2.84. The zero-order chi connectivity index (χ0) is 14.3. The molecule has 0 unspecified atom stereocenters. The third-order valence-electron chi connectivity index (χ3n) is 3.11. The maximum absolute atomic E-state index is 11.8. The highest BCUT2D eigenvalue weighted by atomic mass is 16.5. The molecule has 3 N–H and O–H groups in total. The Morgan fingerprint density at radius 2 is 1.95 bits per heavy atom. The largest absolute Gasteiger partial charge is 0.484 e. The van der Waals surface area contributed by atoms with Gasteiger partial charge < -0.3 is 15.8 Å². The van der Waals surface area contributed by atoms with Crippen molar-refractivity contribution in [3.05, 3.63) is 24.3 Å². The first-order chi connectivity index (χ1) is 9.05. The summed E-state index contributed by atoms with van der Waals surface area (Å²) in [6.07, 6.45) is 6.86. The van der Waals surface area contributed by atoms with Crippen molar-refractivity contribution in [3.8, 4) is 18.1 Å². The van der Waals surface area contributed by atoms with Gasteiger partial charge in [0.2, 0.25) is 0 Å². The number of carbonyl (C=O) groups excluding carboxylic acids is 1. The second kappa shape index (κ2) is 6.69. The molecule has 0 aliphatic carbocycles. The van der Waals surface area contributed by atoms with Crippen molar-refractivity contribution in [2.75, 3.05) is 12.3 Å². The smallest absolute Gasteiger partial charge is 0.259 e. The van der Waals surface area contributed by atoms with E-state index < -0.39 is 5.54 Å². The standard InChI is InChI=1S/C15H20N2O2/c1-4-15(5-2,6-3)17-14(18)11-19-13-9-7-12(16)8-10-13/h1,7-10H,5-6,11,16H2,2-3H3,(H,17,18). The number of carbonyl (C=O) groups is 1. The molecule has 0 bridgehead atoms. The monoisotopic (exact) mass is 260 g/mol. The van der Waals surface area contributed by atoms with E-state index >= 15 is 0 Å². The van der Waals surface area contributed by atoms with Gasteiger partial charge in [0.25, 0.3) is 5.91 Å². The number of amides is 1. The van der Waals surface area contributed by atoms with Crippen LogP contribution in [0.3, 0.4) is 0 Å². The molecule has 4 nitrogen and oxygen atoms in total. The van der Waals surface area contributed by atoms with Gasteiger partial charge in [-0.15, -0.1) is 6.42 Å². The topological polar surface area (TPSA) is 64.3 Å². The van der Waals surface area contributed by atoms with E-state index in [-0.39, 0.29) is 12.5 Å². The number of nitrogen functional groups attached to an aromatic ring is 1. The van der Waals surface area contributed by atoms with Crippen molar-refractivity contribution in [1.29, 1.82) is 0 Å². The number of nitrogens with two attached hydrogens (primary N) is 1. The summed E-state index contributed by atoms with van der Waals surface area (Å²) >= 11 is 0. The van der Waals surface area contributed by atoms with E-state index in [2.05, 4.69) is 11.2 Å². The lowest BCUT2D eigenvalue weighted by molar-refractivity contribution is -0.124. The fourth-order valence-electron chi connectivity index (χ4n) is 1.68. The first kappa shape index (κ1) is 14.9. The molecule has 19 heavy (non-hydrogen) atoms. The average molecular weight is 260 g/mol. The molecule has 1 amide bonds. The number of rotatable bonds is 6. The molecule has 102 valence electrons. The molecule has 4 heteroatoms. The molecule has 1 aromatic rings. The Hall–Kier alpha value is -2.15. The van der Waals surface area contributed by atoms with Crippen molar-refractivity contribution >= 4 is 11.6 Å². The molecule has 0 heterocycles. The molecule has 0 fully saturated rings. The predicted octanol–water partition coefficient (Wildman–Crippen LogP) is 1.96. The molecule has 1 rings (SSSR count). The third-order valence-corrected chi connectivity index (χ3v) is 3.11. The lowest BCUT2D eigenvalue weighted by Crippen LogP contribution is -2.48. The minimum absolute atomic E-state index is 0.0622. The van der Waals surface area contributed by atoms with Gasteiger partial charge in [0.05, 0.1) is 0 Å². The highest BCUT2D eigenvalue weighted by molar-refractivity contribution is 5.79. The summed E-state index contributed by atoms with van der Waals surface area (Å²) in [6, 6.07) is 6.88. The molecular formula is C15H20N2O2. The molecule has 1 aromatic carbocycles. The zero-order valence-electron chi connectivity index (χ0n) is 11.4. The van der Waals surface area contributed by atoms with Gasteiger partial charge in [-0.3, -0.25) is 4.79 Å². The Kier molecular flexibility index (Phi) is 5.25. The number of ether oxygens (including phenoxy) is 1. The van der Waals surface area contributed by atoms with E-state index in [1.165, 1.54) is 0 Å². The van der Waals surface area contributed by atoms with E-state index in [1.807, 2.05) is 13.8 Å². The van der Waals surface area contributed by atoms with Crippen LogP contribution in [0.5, 0.6) is 5.75 Å². The van der Waals surface area contributed by atoms with Crippen LogP contribution in [0.15, 0.2) is 24.3 Å². The second-order valence-electron chi connectivity index (χ2n) is 4.34. The van der Waals surface area contributed by atoms with E-state index in [1.54, 1.807) is 24.3 Å². The van der Waals surface area contributed by atoms with Crippen LogP contribution in [0.2, 0.25) is 0 Å². The van der Waals surface area contributed by atoms with E-state index in [4.69, 9.17) is 16.9 Å². The number of benzene rings is 1. The Balaban J connectivity index is 2.52. The molecule has 0 radical (unpaired) electrons. The van der Waals surface area contributed by atoms with Gasteiger partial charge >= 0.3 is 0 Å². The van der Waals surface area contributed by atoms with Crippen LogP contribution in [0, 0.1) is 12.3 Å². The van der Waals surface area contributed by atoms with Crippen LogP contribution in [0.1, 0.15) is 26.7 Å². The van der Waals surface area contributed by atoms with Crippen molar-refractivity contribution in [2.45, 2.75) is 32.2 Å². The minimum Gasteiger partial charge on any atom is -0.484 e. The summed E-state index contributed by atoms with van der Waals surface area (Å²) < 4.78 is 5.37. The number of anilines is 1. The highest BCUT2D eigenvalue weighted by Gasteiger charge is 2.25. The van der Waals surface area contributed by atoms with E-state index in [9.17, 15) is 4.79 Å². The lowest BCUT2D eigenvalue weighted by atomic mass is 9.94. The normalized spacial score (nSPS) is 10.6. The van der Waals surface area contributed by atoms with Crippen molar-refractivity contribution in [3.63, 3.8) is 0 Å². The zero-order valence-corrected chi connectivity index (χ0v) is 11.4. The summed E-state index contributed by atoms with van der Waals surface area (Å²) in [4.78, 5) is 11.8. The van der Waals surface area contributed by atoms with Gasteiger partial charge in [-0.1, -0.05) is 19.8 Å². The quantitative estimate of drug-likeness (QED) is 0.607. The minimum atomic E-state index is -0.582.